The van der Waals surface area contributed by atoms with Crippen molar-refractivity contribution in [2.45, 2.75) is 12.3 Å². The lowest BCUT2D eigenvalue weighted by Crippen LogP contribution is -2.27. The van der Waals surface area contributed by atoms with E-state index >= 15 is 0 Å². The predicted octanol–water partition coefficient (Wildman–Crippen LogP) is 2.49. The largest absolute Gasteiger partial charge is 0.497 e. The van der Waals surface area contributed by atoms with Gasteiger partial charge >= 0.3 is 0 Å². The number of hydrogen-bond acceptors (Lipinski definition) is 3. The highest BCUT2D eigenvalue weighted by molar-refractivity contribution is 7.99. The van der Waals surface area contributed by atoms with Crippen LogP contribution in [-0.4, -0.2) is 25.2 Å². The van der Waals surface area contributed by atoms with Crippen molar-refractivity contribution in [2.75, 3.05) is 25.2 Å². The van der Waals surface area contributed by atoms with Gasteiger partial charge in [0.25, 0.3) is 0 Å². The first-order valence-corrected chi connectivity index (χ1v) is 6.92. The van der Waals surface area contributed by atoms with Crippen molar-refractivity contribution in [3.63, 3.8) is 0 Å². The molecule has 88 valence electrons. The van der Waals surface area contributed by atoms with Gasteiger partial charge in [0.1, 0.15) is 5.75 Å². The molecule has 1 aromatic carbocycles. The van der Waals surface area contributed by atoms with Crippen LogP contribution in [0.3, 0.4) is 0 Å². The summed E-state index contributed by atoms with van der Waals surface area (Å²) in [5.74, 6) is 4.62. The van der Waals surface area contributed by atoms with E-state index in [1.807, 2.05) is 17.8 Å². The summed E-state index contributed by atoms with van der Waals surface area (Å²) in [6.45, 7) is 0.794. The summed E-state index contributed by atoms with van der Waals surface area (Å²) in [5, 5.41) is 0. The first kappa shape index (κ1) is 11.8. The second-order valence-electron chi connectivity index (χ2n) is 4.24. The number of rotatable bonds is 3. The highest BCUT2D eigenvalue weighted by Gasteiger charge is 2.25. The molecule has 0 spiro atoms. The van der Waals surface area contributed by atoms with Gasteiger partial charge in [-0.1, -0.05) is 12.1 Å². The van der Waals surface area contributed by atoms with Crippen LogP contribution in [-0.2, 0) is 0 Å². The van der Waals surface area contributed by atoms with E-state index in [1.165, 1.54) is 23.5 Å². The SMILES string of the molecule is COc1cccc(C2CSCCC2CN)c1. The Labute approximate surface area is 102 Å². The summed E-state index contributed by atoms with van der Waals surface area (Å²) in [7, 11) is 1.72. The molecule has 2 N–H and O–H groups in total. The molecule has 0 amide bonds. The maximum Gasteiger partial charge on any atom is 0.119 e. The average molecular weight is 237 g/mol. The van der Waals surface area contributed by atoms with Gasteiger partial charge in [-0.15, -0.1) is 0 Å². The van der Waals surface area contributed by atoms with Gasteiger partial charge in [0.2, 0.25) is 0 Å². The van der Waals surface area contributed by atoms with E-state index < -0.39 is 0 Å². The van der Waals surface area contributed by atoms with Crippen LogP contribution in [0.25, 0.3) is 0 Å². The molecule has 1 fully saturated rings. The molecule has 1 aromatic rings. The molecular formula is C13H19NOS. The van der Waals surface area contributed by atoms with Crippen LogP contribution in [0.4, 0.5) is 0 Å². The molecule has 1 saturated heterocycles. The van der Waals surface area contributed by atoms with Crippen LogP contribution in [0.5, 0.6) is 5.75 Å². The van der Waals surface area contributed by atoms with Crippen molar-refractivity contribution in [2.24, 2.45) is 11.7 Å². The fourth-order valence-electron chi connectivity index (χ4n) is 2.30. The predicted molar refractivity (Wildman–Crippen MR) is 70.2 cm³/mol. The van der Waals surface area contributed by atoms with Gasteiger partial charge in [0.05, 0.1) is 7.11 Å². The molecule has 2 nitrogen and oxygen atoms in total. The van der Waals surface area contributed by atoms with E-state index in [9.17, 15) is 0 Å². The fraction of sp³-hybridized carbons (Fsp3) is 0.538. The highest BCUT2D eigenvalue weighted by atomic mass is 32.2. The second kappa shape index (κ2) is 5.60. The third-order valence-electron chi connectivity index (χ3n) is 3.32. The number of nitrogens with two attached hydrogens (primary N) is 1. The number of thioether (sulfide) groups is 1. The van der Waals surface area contributed by atoms with Crippen molar-refractivity contribution < 1.29 is 4.74 Å². The number of ether oxygens (including phenoxy) is 1. The second-order valence-corrected chi connectivity index (χ2v) is 5.39. The Balaban J connectivity index is 2.20. The minimum absolute atomic E-state index is 0.596. The molecular weight excluding hydrogens is 218 g/mol. The first-order valence-electron chi connectivity index (χ1n) is 5.77. The van der Waals surface area contributed by atoms with E-state index in [0.717, 1.165) is 12.3 Å². The topological polar surface area (TPSA) is 35.2 Å². The van der Waals surface area contributed by atoms with E-state index in [-0.39, 0.29) is 0 Å². The molecule has 1 heterocycles. The number of benzene rings is 1. The third-order valence-corrected chi connectivity index (χ3v) is 4.44. The van der Waals surface area contributed by atoms with Crippen LogP contribution in [0.15, 0.2) is 24.3 Å². The monoisotopic (exact) mass is 237 g/mol. The fourth-order valence-corrected chi connectivity index (χ4v) is 3.66. The van der Waals surface area contributed by atoms with Crippen LogP contribution >= 0.6 is 11.8 Å². The molecule has 1 aliphatic heterocycles. The van der Waals surface area contributed by atoms with Crippen molar-refractivity contribution in [3.8, 4) is 5.75 Å². The van der Waals surface area contributed by atoms with Crippen molar-refractivity contribution in [1.82, 2.24) is 0 Å². The molecule has 1 aliphatic rings. The molecule has 2 unspecified atom stereocenters. The third kappa shape index (κ3) is 2.53. The van der Waals surface area contributed by atoms with Gasteiger partial charge in [-0.25, -0.2) is 0 Å². The molecule has 0 saturated carbocycles. The average Bonchev–Trinajstić information content (AvgIpc) is 2.38. The van der Waals surface area contributed by atoms with Crippen molar-refractivity contribution >= 4 is 11.8 Å². The Morgan fingerprint density at radius 2 is 2.38 bits per heavy atom. The Kier molecular flexibility index (Phi) is 4.13. The molecule has 0 aromatic heterocycles. The summed E-state index contributed by atoms with van der Waals surface area (Å²) in [5.41, 5.74) is 7.24. The Hall–Kier alpha value is -0.670. The summed E-state index contributed by atoms with van der Waals surface area (Å²) in [4.78, 5) is 0. The first-order chi connectivity index (χ1) is 7.85. The smallest absolute Gasteiger partial charge is 0.119 e. The molecule has 3 heteroatoms. The molecule has 0 radical (unpaired) electrons. The summed E-state index contributed by atoms with van der Waals surface area (Å²) in [6.07, 6.45) is 1.24. The van der Waals surface area contributed by atoms with Crippen LogP contribution in [0.1, 0.15) is 17.9 Å². The number of hydrogen-bond donors (Lipinski definition) is 1. The lowest BCUT2D eigenvalue weighted by atomic mass is 9.85. The lowest BCUT2D eigenvalue weighted by molar-refractivity contribution is 0.409. The standard InChI is InChI=1S/C13H19NOS/c1-15-12-4-2-3-10(7-12)13-9-16-6-5-11(13)8-14/h2-4,7,11,13H,5-6,8-9,14H2,1H3. The molecule has 2 atom stereocenters. The minimum atomic E-state index is 0.596. The molecule has 16 heavy (non-hydrogen) atoms. The Bertz CT molecular complexity index is 342. The molecule has 0 bridgehead atoms. The van der Waals surface area contributed by atoms with Gasteiger partial charge in [-0.3, -0.25) is 0 Å². The van der Waals surface area contributed by atoms with Gasteiger partial charge in [-0.05, 0) is 48.3 Å². The van der Waals surface area contributed by atoms with E-state index in [2.05, 4.69) is 18.2 Å². The molecule has 2 rings (SSSR count). The van der Waals surface area contributed by atoms with Crippen LogP contribution in [0.2, 0.25) is 0 Å². The summed E-state index contributed by atoms with van der Waals surface area (Å²) < 4.78 is 5.28. The zero-order valence-corrected chi connectivity index (χ0v) is 10.5. The summed E-state index contributed by atoms with van der Waals surface area (Å²) >= 11 is 2.03. The van der Waals surface area contributed by atoms with Gasteiger partial charge in [0.15, 0.2) is 0 Å². The van der Waals surface area contributed by atoms with Gasteiger partial charge < -0.3 is 10.5 Å². The van der Waals surface area contributed by atoms with Gasteiger partial charge in [-0.2, -0.15) is 11.8 Å². The lowest BCUT2D eigenvalue weighted by Gasteiger charge is -2.30. The van der Waals surface area contributed by atoms with Crippen molar-refractivity contribution in [3.05, 3.63) is 29.8 Å². The maximum atomic E-state index is 5.86. The highest BCUT2D eigenvalue weighted by Crippen LogP contribution is 2.36. The maximum absolute atomic E-state index is 5.86. The molecule has 0 aliphatic carbocycles. The Morgan fingerprint density at radius 1 is 1.50 bits per heavy atom. The van der Waals surface area contributed by atoms with Crippen LogP contribution < -0.4 is 10.5 Å². The quantitative estimate of drug-likeness (QED) is 0.877. The zero-order valence-electron chi connectivity index (χ0n) is 9.69. The zero-order chi connectivity index (χ0) is 11.4. The summed E-state index contributed by atoms with van der Waals surface area (Å²) in [6, 6.07) is 8.42. The van der Waals surface area contributed by atoms with E-state index in [0.29, 0.717) is 11.8 Å². The number of methoxy groups -OCH3 is 1. The van der Waals surface area contributed by atoms with Gasteiger partial charge in [0, 0.05) is 5.75 Å². The minimum Gasteiger partial charge on any atom is -0.497 e. The van der Waals surface area contributed by atoms with E-state index in [4.69, 9.17) is 10.5 Å². The van der Waals surface area contributed by atoms with Crippen LogP contribution in [0, 0.1) is 5.92 Å². The Morgan fingerprint density at radius 3 is 3.12 bits per heavy atom. The van der Waals surface area contributed by atoms with E-state index in [1.54, 1.807) is 7.11 Å². The normalized spacial score (nSPS) is 25.4. The van der Waals surface area contributed by atoms with Crippen molar-refractivity contribution in [1.29, 1.82) is 0 Å².